The van der Waals surface area contributed by atoms with Crippen molar-refractivity contribution < 1.29 is 13.9 Å². The highest BCUT2D eigenvalue weighted by Crippen LogP contribution is 2.43. The van der Waals surface area contributed by atoms with Crippen molar-refractivity contribution in [3.05, 3.63) is 53.0 Å². The van der Waals surface area contributed by atoms with Gasteiger partial charge in [-0.1, -0.05) is 6.42 Å². The number of nitrogens with two attached hydrogens (primary N) is 1. The van der Waals surface area contributed by atoms with E-state index in [1.807, 2.05) is 12.1 Å². The van der Waals surface area contributed by atoms with E-state index in [1.165, 1.54) is 17.4 Å². The van der Waals surface area contributed by atoms with Crippen LogP contribution in [0.4, 0.5) is 10.2 Å². The molecule has 1 saturated heterocycles. The zero-order chi connectivity index (χ0) is 22.8. The fourth-order valence-electron chi connectivity index (χ4n) is 4.60. The standard InChI is InChI=1S/C23H25FN6O2S/c24-14-4-1-10-26-20(14)23(8-3-9-23)13-28-18-7-6-15(29-30-18)22-27-12-17(33-22)19(21(25)31)16-5-2-11-32-16/h1,4,6-7,10,12,16,19H,2-3,5,8-9,11,13H2,(H2,25,31)(H,28,30). The third-order valence-corrected chi connectivity index (χ3v) is 7.64. The second-order valence-electron chi connectivity index (χ2n) is 8.62. The fourth-order valence-corrected chi connectivity index (χ4v) is 5.64. The molecule has 2 fully saturated rings. The van der Waals surface area contributed by atoms with Crippen LogP contribution in [0.5, 0.6) is 0 Å². The molecule has 3 aromatic rings. The number of nitrogens with one attached hydrogen (secondary N) is 1. The molecule has 10 heteroatoms. The number of carbonyl (C=O) groups excluding carboxylic acids is 1. The maximum atomic E-state index is 14.3. The Kier molecular flexibility index (Phi) is 6.03. The van der Waals surface area contributed by atoms with E-state index in [0.717, 1.165) is 37.0 Å². The number of rotatable bonds is 8. The number of anilines is 1. The van der Waals surface area contributed by atoms with Gasteiger partial charge in [-0.05, 0) is 49.9 Å². The topological polar surface area (TPSA) is 116 Å². The van der Waals surface area contributed by atoms with E-state index in [1.54, 1.807) is 18.5 Å². The van der Waals surface area contributed by atoms with E-state index in [0.29, 0.717) is 35.4 Å². The monoisotopic (exact) mass is 468 g/mol. The highest BCUT2D eigenvalue weighted by Gasteiger charge is 2.41. The van der Waals surface area contributed by atoms with Crippen LogP contribution in [0.2, 0.25) is 0 Å². The maximum Gasteiger partial charge on any atom is 0.228 e. The summed E-state index contributed by atoms with van der Waals surface area (Å²) in [6.07, 6.45) is 7.66. The summed E-state index contributed by atoms with van der Waals surface area (Å²) in [6, 6.07) is 6.73. The number of amides is 1. The second-order valence-corrected chi connectivity index (χ2v) is 9.69. The number of thiazole rings is 1. The molecule has 8 nitrogen and oxygen atoms in total. The number of hydrogen-bond donors (Lipinski definition) is 2. The summed E-state index contributed by atoms with van der Waals surface area (Å²) in [5.74, 6) is -0.569. The minimum atomic E-state index is -0.502. The van der Waals surface area contributed by atoms with E-state index in [4.69, 9.17) is 10.5 Å². The molecule has 4 heterocycles. The van der Waals surface area contributed by atoms with Gasteiger partial charge in [-0.15, -0.1) is 21.5 Å². The fraction of sp³-hybridized carbons (Fsp3) is 0.435. The van der Waals surface area contributed by atoms with Crippen molar-refractivity contribution in [2.75, 3.05) is 18.5 Å². The zero-order valence-corrected chi connectivity index (χ0v) is 18.9. The molecular formula is C23H25FN6O2S. The molecule has 0 bridgehead atoms. The van der Waals surface area contributed by atoms with Crippen LogP contribution in [-0.2, 0) is 14.9 Å². The highest BCUT2D eigenvalue weighted by molar-refractivity contribution is 7.15. The molecule has 5 rings (SSSR count). The molecule has 0 aromatic carbocycles. The van der Waals surface area contributed by atoms with Crippen molar-refractivity contribution in [1.29, 1.82) is 0 Å². The Bertz CT molecular complexity index is 1130. The first-order chi connectivity index (χ1) is 16.1. The molecule has 1 aliphatic carbocycles. The number of hydrogen-bond acceptors (Lipinski definition) is 8. The first kappa shape index (κ1) is 21.8. The van der Waals surface area contributed by atoms with E-state index in [-0.39, 0.29) is 17.3 Å². The Labute approximate surface area is 194 Å². The molecule has 3 aromatic heterocycles. The van der Waals surface area contributed by atoms with E-state index in [9.17, 15) is 9.18 Å². The van der Waals surface area contributed by atoms with Crippen LogP contribution >= 0.6 is 11.3 Å². The van der Waals surface area contributed by atoms with Gasteiger partial charge in [0, 0.05) is 35.8 Å². The largest absolute Gasteiger partial charge is 0.377 e. The first-order valence-electron chi connectivity index (χ1n) is 11.1. The number of ether oxygens (including phenoxy) is 1. The number of aromatic nitrogens is 4. The third kappa shape index (κ3) is 4.32. The molecule has 1 amide bonds. The average molecular weight is 469 g/mol. The normalized spacial score (nSPS) is 20.2. The predicted molar refractivity (Wildman–Crippen MR) is 122 cm³/mol. The molecule has 2 unspecified atom stereocenters. The van der Waals surface area contributed by atoms with Crippen molar-refractivity contribution in [3.8, 4) is 10.7 Å². The Hall–Kier alpha value is -2.98. The van der Waals surface area contributed by atoms with Crippen LogP contribution in [0.25, 0.3) is 10.7 Å². The lowest BCUT2D eigenvalue weighted by molar-refractivity contribution is -0.122. The van der Waals surface area contributed by atoms with Crippen molar-refractivity contribution in [3.63, 3.8) is 0 Å². The van der Waals surface area contributed by atoms with Gasteiger partial charge >= 0.3 is 0 Å². The summed E-state index contributed by atoms with van der Waals surface area (Å²) < 4.78 is 20.0. The second kappa shape index (κ2) is 9.11. The lowest BCUT2D eigenvalue weighted by atomic mass is 9.66. The molecule has 1 aliphatic heterocycles. The van der Waals surface area contributed by atoms with Gasteiger partial charge in [-0.3, -0.25) is 9.78 Å². The highest BCUT2D eigenvalue weighted by atomic mass is 32.1. The van der Waals surface area contributed by atoms with Gasteiger partial charge in [-0.2, -0.15) is 0 Å². The molecule has 1 saturated carbocycles. The summed E-state index contributed by atoms with van der Waals surface area (Å²) in [5.41, 5.74) is 6.46. The molecule has 0 radical (unpaired) electrons. The molecule has 3 N–H and O–H groups in total. The summed E-state index contributed by atoms with van der Waals surface area (Å²) in [4.78, 5) is 21.5. The van der Waals surface area contributed by atoms with Crippen molar-refractivity contribution in [1.82, 2.24) is 20.2 Å². The Morgan fingerprint density at radius 1 is 1.27 bits per heavy atom. The van der Waals surface area contributed by atoms with Crippen LogP contribution in [0.15, 0.2) is 36.7 Å². The van der Waals surface area contributed by atoms with E-state index < -0.39 is 11.8 Å². The van der Waals surface area contributed by atoms with Crippen LogP contribution in [0, 0.1) is 5.82 Å². The average Bonchev–Trinajstić information content (AvgIpc) is 3.48. The van der Waals surface area contributed by atoms with E-state index >= 15 is 0 Å². The number of primary amides is 1. The first-order valence-corrected chi connectivity index (χ1v) is 11.9. The van der Waals surface area contributed by atoms with Gasteiger partial charge in [0.1, 0.15) is 22.3 Å². The Morgan fingerprint density at radius 2 is 2.15 bits per heavy atom. The van der Waals surface area contributed by atoms with Crippen molar-refractivity contribution in [2.24, 2.45) is 5.73 Å². The number of halogens is 1. The minimum absolute atomic E-state index is 0.198. The van der Waals surface area contributed by atoms with Gasteiger partial charge in [-0.25, -0.2) is 9.37 Å². The molecule has 2 atom stereocenters. The SMILES string of the molecule is NC(=O)C(c1cnc(-c2ccc(NCC3(c4ncccc4F)CCC3)nn2)s1)C1CCCO1. The quantitative estimate of drug-likeness (QED) is 0.520. The van der Waals surface area contributed by atoms with Crippen molar-refractivity contribution >= 4 is 23.1 Å². The molecule has 172 valence electrons. The summed E-state index contributed by atoms with van der Waals surface area (Å²) in [6.45, 7) is 1.19. The van der Waals surface area contributed by atoms with Crippen LogP contribution in [0.1, 0.15) is 48.6 Å². The number of nitrogens with zero attached hydrogens (tertiary/aromatic N) is 4. The predicted octanol–water partition coefficient (Wildman–Crippen LogP) is 3.42. The van der Waals surface area contributed by atoms with Gasteiger partial charge in [0.05, 0.1) is 17.7 Å². The van der Waals surface area contributed by atoms with Crippen LogP contribution < -0.4 is 11.1 Å². The molecule has 2 aliphatic rings. The van der Waals surface area contributed by atoms with Gasteiger partial charge in [0.15, 0.2) is 0 Å². The molecule has 0 spiro atoms. The Morgan fingerprint density at radius 3 is 2.79 bits per heavy atom. The minimum Gasteiger partial charge on any atom is -0.377 e. The lowest BCUT2D eigenvalue weighted by Gasteiger charge is -2.41. The van der Waals surface area contributed by atoms with Crippen LogP contribution in [-0.4, -0.2) is 45.3 Å². The molecule has 33 heavy (non-hydrogen) atoms. The third-order valence-electron chi connectivity index (χ3n) is 6.54. The maximum absolute atomic E-state index is 14.3. The lowest BCUT2D eigenvalue weighted by Crippen LogP contribution is -2.42. The zero-order valence-electron chi connectivity index (χ0n) is 18.0. The van der Waals surface area contributed by atoms with Crippen molar-refractivity contribution in [2.45, 2.75) is 49.5 Å². The summed E-state index contributed by atoms with van der Waals surface area (Å²) in [7, 11) is 0. The number of carbonyl (C=O) groups is 1. The van der Waals surface area contributed by atoms with Gasteiger partial charge < -0.3 is 15.8 Å². The van der Waals surface area contributed by atoms with Crippen LogP contribution in [0.3, 0.4) is 0 Å². The summed E-state index contributed by atoms with van der Waals surface area (Å²) in [5, 5.41) is 12.5. The number of pyridine rings is 1. The van der Waals surface area contributed by atoms with Gasteiger partial charge in [0.2, 0.25) is 5.91 Å². The summed E-state index contributed by atoms with van der Waals surface area (Å²) >= 11 is 1.38. The smallest absolute Gasteiger partial charge is 0.228 e. The molecular weight excluding hydrogens is 443 g/mol. The Balaban J connectivity index is 1.27. The van der Waals surface area contributed by atoms with E-state index in [2.05, 4.69) is 25.5 Å². The van der Waals surface area contributed by atoms with Gasteiger partial charge in [0.25, 0.3) is 0 Å².